The fourth-order valence-corrected chi connectivity index (χ4v) is 1.79. The highest BCUT2D eigenvalue weighted by atomic mass is 16.5. The number of aliphatic hydroxyl groups is 2. The van der Waals surface area contributed by atoms with Crippen molar-refractivity contribution in [3.8, 4) is 5.75 Å². The van der Waals surface area contributed by atoms with Gasteiger partial charge in [-0.1, -0.05) is 17.7 Å². The van der Waals surface area contributed by atoms with Crippen molar-refractivity contribution < 1.29 is 14.9 Å². The Labute approximate surface area is 115 Å². The molecule has 19 heavy (non-hydrogen) atoms. The average molecular weight is 267 g/mol. The molecule has 4 nitrogen and oxygen atoms in total. The van der Waals surface area contributed by atoms with Crippen molar-refractivity contribution in [3.63, 3.8) is 0 Å². The molecule has 0 saturated heterocycles. The second-order valence-electron chi connectivity index (χ2n) is 5.08. The van der Waals surface area contributed by atoms with Gasteiger partial charge in [-0.15, -0.1) is 0 Å². The van der Waals surface area contributed by atoms with Crippen molar-refractivity contribution in [2.75, 3.05) is 19.7 Å². The van der Waals surface area contributed by atoms with E-state index in [0.717, 1.165) is 11.3 Å². The van der Waals surface area contributed by atoms with Crippen molar-refractivity contribution in [1.29, 1.82) is 0 Å². The molecule has 0 fully saturated rings. The van der Waals surface area contributed by atoms with E-state index < -0.39 is 6.10 Å². The summed E-state index contributed by atoms with van der Waals surface area (Å²) < 4.78 is 5.59. The van der Waals surface area contributed by atoms with Crippen molar-refractivity contribution in [2.24, 2.45) is 0 Å². The van der Waals surface area contributed by atoms with Gasteiger partial charge >= 0.3 is 0 Å². The molecule has 1 aromatic rings. The van der Waals surface area contributed by atoms with Crippen LogP contribution in [0.4, 0.5) is 0 Å². The minimum absolute atomic E-state index is 0.269. The lowest BCUT2D eigenvalue weighted by Gasteiger charge is -2.15. The second kappa shape index (κ2) is 8.15. The van der Waals surface area contributed by atoms with E-state index in [2.05, 4.69) is 11.4 Å². The summed E-state index contributed by atoms with van der Waals surface area (Å²) in [6.07, 6.45) is -0.171. The standard InChI is InChI=1S/C15H25NO3/c1-11-4-5-15(12(2)8-11)19-10-14(18)9-16-7-6-13(3)17/h4-5,8,13-14,16-18H,6-7,9-10H2,1-3H3. The van der Waals surface area contributed by atoms with E-state index in [0.29, 0.717) is 19.5 Å². The van der Waals surface area contributed by atoms with Gasteiger partial charge in [-0.25, -0.2) is 0 Å². The van der Waals surface area contributed by atoms with Crippen LogP contribution >= 0.6 is 0 Å². The zero-order chi connectivity index (χ0) is 14.3. The Morgan fingerprint density at radius 2 is 2.00 bits per heavy atom. The summed E-state index contributed by atoms with van der Waals surface area (Å²) in [5.74, 6) is 0.814. The van der Waals surface area contributed by atoms with Gasteiger partial charge in [0.15, 0.2) is 0 Å². The minimum atomic E-state index is -0.547. The van der Waals surface area contributed by atoms with E-state index in [1.807, 2.05) is 26.0 Å². The highest BCUT2D eigenvalue weighted by molar-refractivity contribution is 5.35. The first-order valence-corrected chi connectivity index (χ1v) is 6.76. The topological polar surface area (TPSA) is 61.7 Å². The van der Waals surface area contributed by atoms with Crippen LogP contribution in [0.15, 0.2) is 18.2 Å². The zero-order valence-electron chi connectivity index (χ0n) is 12.0. The molecule has 2 unspecified atom stereocenters. The summed E-state index contributed by atoms with van der Waals surface area (Å²) in [6.45, 7) is 7.22. The van der Waals surface area contributed by atoms with Gasteiger partial charge in [0.1, 0.15) is 18.5 Å². The fraction of sp³-hybridized carbons (Fsp3) is 0.600. The molecule has 4 heteroatoms. The fourth-order valence-electron chi connectivity index (χ4n) is 1.79. The number of hydrogen-bond donors (Lipinski definition) is 3. The second-order valence-corrected chi connectivity index (χ2v) is 5.08. The molecule has 1 aromatic carbocycles. The monoisotopic (exact) mass is 267 g/mol. The molecule has 0 aliphatic carbocycles. The molecule has 3 N–H and O–H groups in total. The molecular formula is C15H25NO3. The van der Waals surface area contributed by atoms with Crippen LogP contribution in [0.3, 0.4) is 0 Å². The van der Waals surface area contributed by atoms with Crippen LogP contribution in [0.2, 0.25) is 0 Å². The first-order chi connectivity index (χ1) is 8.99. The van der Waals surface area contributed by atoms with E-state index in [1.54, 1.807) is 6.92 Å². The molecule has 0 aromatic heterocycles. The first kappa shape index (κ1) is 16.0. The maximum atomic E-state index is 9.77. The molecule has 0 spiro atoms. The molecule has 0 bridgehead atoms. The van der Waals surface area contributed by atoms with Crippen LogP contribution in [0.25, 0.3) is 0 Å². The van der Waals surface area contributed by atoms with Crippen molar-refractivity contribution in [2.45, 2.75) is 39.4 Å². The van der Waals surface area contributed by atoms with Crippen LogP contribution in [-0.4, -0.2) is 42.1 Å². The predicted molar refractivity (Wildman–Crippen MR) is 76.6 cm³/mol. The maximum Gasteiger partial charge on any atom is 0.122 e. The molecule has 0 heterocycles. The summed E-state index contributed by atoms with van der Waals surface area (Å²) in [7, 11) is 0. The number of hydrogen-bond acceptors (Lipinski definition) is 4. The summed E-state index contributed by atoms with van der Waals surface area (Å²) in [6, 6.07) is 5.98. The Kier molecular flexibility index (Phi) is 6.84. The van der Waals surface area contributed by atoms with Crippen LogP contribution in [-0.2, 0) is 0 Å². The van der Waals surface area contributed by atoms with E-state index in [1.165, 1.54) is 5.56 Å². The molecule has 0 aliphatic rings. The highest BCUT2D eigenvalue weighted by Gasteiger charge is 2.06. The van der Waals surface area contributed by atoms with Gasteiger partial charge in [0.25, 0.3) is 0 Å². The molecular weight excluding hydrogens is 242 g/mol. The predicted octanol–water partition coefficient (Wildman–Crippen LogP) is 1.40. The molecule has 2 atom stereocenters. The van der Waals surface area contributed by atoms with Gasteiger partial charge in [0.05, 0.1) is 6.10 Å². The molecule has 108 valence electrons. The number of benzene rings is 1. The number of nitrogens with one attached hydrogen (secondary N) is 1. The molecule has 1 rings (SSSR count). The first-order valence-electron chi connectivity index (χ1n) is 6.76. The van der Waals surface area contributed by atoms with Crippen LogP contribution < -0.4 is 10.1 Å². The Morgan fingerprint density at radius 1 is 1.26 bits per heavy atom. The maximum absolute atomic E-state index is 9.77. The third-order valence-electron chi connectivity index (χ3n) is 2.88. The van der Waals surface area contributed by atoms with Gasteiger partial charge in [0, 0.05) is 6.54 Å². The van der Waals surface area contributed by atoms with Crippen molar-refractivity contribution in [3.05, 3.63) is 29.3 Å². The highest BCUT2D eigenvalue weighted by Crippen LogP contribution is 2.18. The summed E-state index contributed by atoms with van der Waals surface area (Å²) in [5, 5.41) is 22.0. The number of ether oxygens (including phenoxy) is 1. The molecule has 0 radical (unpaired) electrons. The summed E-state index contributed by atoms with van der Waals surface area (Å²) >= 11 is 0. The minimum Gasteiger partial charge on any atom is -0.491 e. The van der Waals surface area contributed by atoms with Crippen LogP contribution in [0, 0.1) is 13.8 Å². The van der Waals surface area contributed by atoms with Crippen LogP contribution in [0.1, 0.15) is 24.5 Å². The van der Waals surface area contributed by atoms with Gasteiger partial charge in [-0.2, -0.15) is 0 Å². The van der Waals surface area contributed by atoms with E-state index in [-0.39, 0.29) is 12.7 Å². The third-order valence-corrected chi connectivity index (χ3v) is 2.88. The van der Waals surface area contributed by atoms with Gasteiger partial charge in [-0.05, 0) is 45.4 Å². The molecule has 0 saturated carbocycles. The number of aliphatic hydroxyl groups excluding tert-OH is 2. The largest absolute Gasteiger partial charge is 0.491 e. The number of aryl methyl sites for hydroxylation is 2. The normalized spacial score (nSPS) is 14.2. The Bertz CT molecular complexity index is 380. The molecule has 0 amide bonds. The van der Waals surface area contributed by atoms with Gasteiger partial charge in [0.2, 0.25) is 0 Å². The lowest BCUT2D eigenvalue weighted by molar-refractivity contribution is 0.104. The smallest absolute Gasteiger partial charge is 0.122 e. The lowest BCUT2D eigenvalue weighted by Crippen LogP contribution is -2.32. The number of rotatable bonds is 8. The zero-order valence-corrected chi connectivity index (χ0v) is 12.0. The van der Waals surface area contributed by atoms with Crippen molar-refractivity contribution in [1.82, 2.24) is 5.32 Å². The quantitative estimate of drug-likeness (QED) is 0.623. The van der Waals surface area contributed by atoms with E-state index in [9.17, 15) is 5.11 Å². The van der Waals surface area contributed by atoms with Crippen molar-refractivity contribution >= 4 is 0 Å². The third kappa shape index (κ3) is 6.57. The summed E-state index contributed by atoms with van der Waals surface area (Å²) in [4.78, 5) is 0. The van der Waals surface area contributed by atoms with E-state index in [4.69, 9.17) is 9.84 Å². The average Bonchev–Trinajstić information content (AvgIpc) is 2.33. The summed E-state index contributed by atoms with van der Waals surface area (Å²) in [5.41, 5.74) is 2.28. The Balaban J connectivity index is 2.24. The molecule has 0 aliphatic heterocycles. The van der Waals surface area contributed by atoms with Gasteiger partial charge in [-0.3, -0.25) is 0 Å². The Morgan fingerprint density at radius 3 is 2.63 bits per heavy atom. The Hall–Kier alpha value is -1.10. The van der Waals surface area contributed by atoms with E-state index >= 15 is 0 Å². The van der Waals surface area contributed by atoms with Gasteiger partial charge < -0.3 is 20.3 Å². The van der Waals surface area contributed by atoms with Crippen LogP contribution in [0.5, 0.6) is 5.75 Å². The SMILES string of the molecule is Cc1ccc(OCC(O)CNCCC(C)O)c(C)c1. The lowest BCUT2D eigenvalue weighted by atomic mass is 10.1.